The molecule has 4 nitrogen and oxygen atoms in total. The van der Waals surface area contributed by atoms with Crippen LogP contribution in [0.5, 0.6) is 0 Å². The number of nitrogens with zero attached hydrogens (tertiary/aromatic N) is 2. The van der Waals surface area contributed by atoms with E-state index in [1.165, 1.54) is 23.0 Å². The molecule has 2 atom stereocenters. The van der Waals surface area contributed by atoms with E-state index in [9.17, 15) is 0 Å². The van der Waals surface area contributed by atoms with Gasteiger partial charge in [0.25, 0.3) is 0 Å². The summed E-state index contributed by atoms with van der Waals surface area (Å²) in [6.07, 6.45) is 6.11. The molecule has 1 fully saturated rings. The highest BCUT2D eigenvalue weighted by Crippen LogP contribution is 2.25. The highest BCUT2D eigenvalue weighted by molar-refractivity contribution is 9.10. The third-order valence-electron chi connectivity index (χ3n) is 4.15. The van der Waals surface area contributed by atoms with Gasteiger partial charge in [0.05, 0.1) is 22.0 Å². The lowest BCUT2D eigenvalue weighted by molar-refractivity contribution is 0.0943. The maximum Gasteiger partial charge on any atom is 0.0738 e. The Morgan fingerprint density at radius 3 is 2.90 bits per heavy atom. The Hall–Kier alpha value is -0.390. The maximum absolute atomic E-state index is 5.82. The summed E-state index contributed by atoms with van der Waals surface area (Å²) in [5, 5.41) is 8.30. The SMILES string of the molecule is CCCNC(Cc1c(Br)c(C)nn1CC)CC1CCCO1. The zero-order valence-electron chi connectivity index (χ0n) is 13.5. The molecule has 0 aromatic carbocycles. The van der Waals surface area contributed by atoms with Crippen molar-refractivity contribution in [2.75, 3.05) is 13.2 Å². The predicted molar refractivity (Wildman–Crippen MR) is 89.7 cm³/mol. The van der Waals surface area contributed by atoms with E-state index in [2.05, 4.69) is 51.8 Å². The standard InChI is InChI=1S/C16H28BrN3O/c1-4-8-18-13(10-14-7-6-9-21-14)11-15-16(17)12(3)19-20(15)5-2/h13-14,18H,4-11H2,1-3H3. The van der Waals surface area contributed by atoms with Crippen LogP contribution < -0.4 is 5.32 Å². The highest BCUT2D eigenvalue weighted by Gasteiger charge is 2.23. The summed E-state index contributed by atoms with van der Waals surface area (Å²) >= 11 is 3.71. The second-order valence-corrected chi connectivity index (χ2v) is 6.68. The van der Waals surface area contributed by atoms with E-state index in [1.807, 2.05) is 0 Å². The van der Waals surface area contributed by atoms with Gasteiger partial charge in [-0.3, -0.25) is 4.68 Å². The zero-order chi connectivity index (χ0) is 15.2. The van der Waals surface area contributed by atoms with Crippen molar-refractivity contribution < 1.29 is 4.74 Å². The lowest BCUT2D eigenvalue weighted by atomic mass is 10.0. The first-order valence-corrected chi connectivity index (χ1v) is 9.01. The summed E-state index contributed by atoms with van der Waals surface area (Å²) in [5.74, 6) is 0. The topological polar surface area (TPSA) is 39.1 Å². The summed E-state index contributed by atoms with van der Waals surface area (Å²) in [6.45, 7) is 9.34. The molecule has 0 radical (unpaired) electrons. The normalized spacial score (nSPS) is 20.1. The fourth-order valence-corrected chi connectivity index (χ4v) is 3.48. The first-order valence-electron chi connectivity index (χ1n) is 8.22. The van der Waals surface area contributed by atoms with Crippen LogP contribution in [-0.2, 0) is 17.7 Å². The van der Waals surface area contributed by atoms with E-state index in [0.29, 0.717) is 12.1 Å². The molecule has 2 unspecified atom stereocenters. The van der Waals surface area contributed by atoms with Gasteiger partial charge < -0.3 is 10.1 Å². The van der Waals surface area contributed by atoms with Crippen LogP contribution in [0.2, 0.25) is 0 Å². The van der Waals surface area contributed by atoms with Gasteiger partial charge in [-0.05, 0) is 62.0 Å². The summed E-state index contributed by atoms with van der Waals surface area (Å²) in [6, 6.07) is 0.464. The third kappa shape index (κ3) is 4.54. The Bertz CT molecular complexity index is 441. The molecule has 2 heterocycles. The van der Waals surface area contributed by atoms with Crippen molar-refractivity contribution in [3.8, 4) is 0 Å². The molecule has 0 amide bonds. The molecule has 2 rings (SSSR count). The fourth-order valence-electron chi connectivity index (χ4n) is 3.03. The summed E-state index contributed by atoms with van der Waals surface area (Å²) in [5.41, 5.74) is 2.39. The number of hydrogen-bond acceptors (Lipinski definition) is 3. The van der Waals surface area contributed by atoms with Crippen molar-refractivity contribution in [3.63, 3.8) is 0 Å². The number of halogens is 1. The van der Waals surface area contributed by atoms with Crippen molar-refractivity contribution in [3.05, 3.63) is 15.9 Å². The second-order valence-electron chi connectivity index (χ2n) is 5.89. The molecule has 1 aliphatic rings. The Labute approximate surface area is 136 Å². The van der Waals surface area contributed by atoms with E-state index in [0.717, 1.165) is 44.7 Å². The van der Waals surface area contributed by atoms with Crippen LogP contribution in [0.15, 0.2) is 4.47 Å². The van der Waals surface area contributed by atoms with Crippen molar-refractivity contribution >= 4 is 15.9 Å². The van der Waals surface area contributed by atoms with E-state index in [-0.39, 0.29) is 0 Å². The molecule has 120 valence electrons. The van der Waals surface area contributed by atoms with Crippen LogP contribution in [-0.4, -0.2) is 35.1 Å². The minimum Gasteiger partial charge on any atom is -0.378 e. The minimum absolute atomic E-state index is 0.428. The molecule has 0 spiro atoms. The van der Waals surface area contributed by atoms with Crippen molar-refractivity contribution in [2.45, 2.75) is 71.6 Å². The van der Waals surface area contributed by atoms with E-state index in [4.69, 9.17) is 4.74 Å². The lowest BCUT2D eigenvalue weighted by Crippen LogP contribution is -2.35. The summed E-state index contributed by atoms with van der Waals surface area (Å²) < 4.78 is 9.11. The molecule has 1 saturated heterocycles. The highest BCUT2D eigenvalue weighted by atomic mass is 79.9. The third-order valence-corrected chi connectivity index (χ3v) is 5.18. The quantitative estimate of drug-likeness (QED) is 0.774. The molecule has 0 aliphatic carbocycles. The molecule has 0 bridgehead atoms. The van der Waals surface area contributed by atoms with Crippen LogP contribution in [0.3, 0.4) is 0 Å². The van der Waals surface area contributed by atoms with Crippen LogP contribution in [0.1, 0.15) is 50.9 Å². The van der Waals surface area contributed by atoms with Crippen LogP contribution >= 0.6 is 15.9 Å². The number of ether oxygens (including phenoxy) is 1. The molecule has 1 aromatic rings. The number of nitrogens with one attached hydrogen (secondary N) is 1. The van der Waals surface area contributed by atoms with Gasteiger partial charge in [0.15, 0.2) is 0 Å². The molecule has 5 heteroatoms. The summed E-state index contributed by atoms with van der Waals surface area (Å²) in [4.78, 5) is 0. The smallest absolute Gasteiger partial charge is 0.0738 e. The average molecular weight is 358 g/mol. The van der Waals surface area contributed by atoms with Crippen LogP contribution in [0, 0.1) is 6.92 Å². The molecule has 1 aromatic heterocycles. The van der Waals surface area contributed by atoms with Crippen molar-refractivity contribution in [1.82, 2.24) is 15.1 Å². The monoisotopic (exact) mass is 357 g/mol. The van der Waals surface area contributed by atoms with Crippen LogP contribution in [0.25, 0.3) is 0 Å². The maximum atomic E-state index is 5.82. The number of rotatable bonds is 8. The van der Waals surface area contributed by atoms with E-state index in [1.54, 1.807) is 0 Å². The zero-order valence-corrected chi connectivity index (χ0v) is 15.1. The number of aryl methyl sites for hydroxylation is 2. The van der Waals surface area contributed by atoms with Gasteiger partial charge in [-0.25, -0.2) is 0 Å². The molecule has 0 saturated carbocycles. The Morgan fingerprint density at radius 1 is 1.48 bits per heavy atom. The van der Waals surface area contributed by atoms with Crippen molar-refractivity contribution in [2.24, 2.45) is 0 Å². The van der Waals surface area contributed by atoms with E-state index < -0.39 is 0 Å². The molecule has 1 N–H and O–H groups in total. The van der Waals surface area contributed by atoms with Gasteiger partial charge >= 0.3 is 0 Å². The van der Waals surface area contributed by atoms with Gasteiger partial charge in [0.2, 0.25) is 0 Å². The number of aromatic nitrogens is 2. The molecular formula is C16H28BrN3O. The van der Waals surface area contributed by atoms with Gasteiger partial charge in [-0.15, -0.1) is 0 Å². The Balaban J connectivity index is 2.06. The first kappa shape index (κ1) is 17.0. The van der Waals surface area contributed by atoms with Gasteiger partial charge in [0, 0.05) is 25.6 Å². The van der Waals surface area contributed by atoms with E-state index >= 15 is 0 Å². The second kappa shape index (κ2) is 8.30. The number of hydrogen-bond donors (Lipinski definition) is 1. The van der Waals surface area contributed by atoms with Gasteiger partial charge in [0.1, 0.15) is 0 Å². The molecule has 21 heavy (non-hydrogen) atoms. The van der Waals surface area contributed by atoms with Gasteiger partial charge in [-0.1, -0.05) is 6.92 Å². The molecular weight excluding hydrogens is 330 g/mol. The average Bonchev–Trinajstić information content (AvgIpc) is 3.08. The van der Waals surface area contributed by atoms with Crippen molar-refractivity contribution in [1.29, 1.82) is 0 Å². The van der Waals surface area contributed by atoms with Gasteiger partial charge in [-0.2, -0.15) is 5.10 Å². The minimum atomic E-state index is 0.428. The van der Waals surface area contributed by atoms with Crippen LogP contribution in [0.4, 0.5) is 0 Å². The Morgan fingerprint density at radius 2 is 2.29 bits per heavy atom. The summed E-state index contributed by atoms with van der Waals surface area (Å²) in [7, 11) is 0. The first-order chi connectivity index (χ1) is 10.2. The molecule has 1 aliphatic heterocycles. The largest absolute Gasteiger partial charge is 0.378 e. The lowest BCUT2D eigenvalue weighted by Gasteiger charge is -2.22. The Kier molecular flexibility index (Phi) is 6.71. The predicted octanol–water partition coefficient (Wildman–Crippen LogP) is 3.45. The fraction of sp³-hybridized carbons (Fsp3) is 0.812.